The Morgan fingerprint density at radius 1 is 1.04 bits per heavy atom. The first kappa shape index (κ1) is 21.6. The monoisotopic (exact) mass is 381 g/mol. The molecule has 0 bridgehead atoms. The van der Waals surface area contributed by atoms with Crippen LogP contribution >= 0.6 is 0 Å². The smallest absolute Gasteiger partial charge is 0.241 e. The second kappa shape index (κ2) is 11.2. The number of rotatable bonds is 10. The fraction of sp³-hybridized carbons (Fsp3) is 0.391. The van der Waals surface area contributed by atoms with Crippen LogP contribution in [-0.2, 0) is 16.0 Å². The molecule has 2 aromatic rings. The minimum atomic E-state index is -0.387. The Labute approximate surface area is 168 Å². The lowest BCUT2D eigenvalue weighted by atomic mass is 10.1. The lowest BCUT2D eigenvalue weighted by Gasteiger charge is -2.27. The van der Waals surface area contributed by atoms with Crippen LogP contribution in [0.4, 0.5) is 5.69 Å². The number of aryl methyl sites for hydroxylation is 1. The lowest BCUT2D eigenvalue weighted by Crippen LogP contribution is -2.47. The summed E-state index contributed by atoms with van der Waals surface area (Å²) in [6.45, 7) is 7.46. The molecule has 150 valence electrons. The number of carbonyl (C=O) groups excluding carboxylic acids is 2. The summed E-state index contributed by atoms with van der Waals surface area (Å²) < 4.78 is 0. The van der Waals surface area contributed by atoms with Crippen molar-refractivity contribution in [3.05, 3.63) is 65.7 Å². The average Bonchev–Trinajstić information content (AvgIpc) is 2.69. The van der Waals surface area contributed by atoms with Gasteiger partial charge in [0.2, 0.25) is 11.8 Å². The van der Waals surface area contributed by atoms with Crippen molar-refractivity contribution in [2.24, 2.45) is 0 Å². The van der Waals surface area contributed by atoms with Crippen molar-refractivity contribution in [1.82, 2.24) is 10.2 Å². The predicted molar refractivity (Wildman–Crippen MR) is 114 cm³/mol. The Kier molecular flexibility index (Phi) is 8.69. The molecule has 0 saturated carbocycles. The van der Waals surface area contributed by atoms with Crippen molar-refractivity contribution in [3.8, 4) is 0 Å². The molecule has 5 nitrogen and oxygen atoms in total. The van der Waals surface area contributed by atoms with Crippen LogP contribution < -0.4 is 10.6 Å². The first-order valence-corrected chi connectivity index (χ1v) is 9.92. The number of nitrogens with one attached hydrogen (secondary N) is 2. The Bertz CT molecular complexity index is 761. The molecular weight excluding hydrogens is 350 g/mol. The third-order valence-electron chi connectivity index (χ3n) is 4.80. The topological polar surface area (TPSA) is 61.4 Å². The van der Waals surface area contributed by atoms with Gasteiger partial charge in [0.05, 0.1) is 12.6 Å². The minimum Gasteiger partial charge on any atom is -0.355 e. The van der Waals surface area contributed by atoms with E-state index in [-0.39, 0.29) is 24.4 Å². The number of nitrogens with zero attached hydrogens (tertiary/aromatic N) is 1. The van der Waals surface area contributed by atoms with Gasteiger partial charge in [0, 0.05) is 12.2 Å². The van der Waals surface area contributed by atoms with E-state index in [1.54, 1.807) is 0 Å². The van der Waals surface area contributed by atoms with Crippen LogP contribution in [-0.4, -0.2) is 42.4 Å². The van der Waals surface area contributed by atoms with Crippen LogP contribution in [0.5, 0.6) is 0 Å². The van der Waals surface area contributed by atoms with Crippen LogP contribution in [0, 0.1) is 6.92 Å². The van der Waals surface area contributed by atoms with E-state index in [0.717, 1.165) is 18.5 Å². The van der Waals surface area contributed by atoms with Gasteiger partial charge in [-0.3, -0.25) is 14.5 Å². The number of hydrogen-bond acceptors (Lipinski definition) is 3. The van der Waals surface area contributed by atoms with Crippen molar-refractivity contribution < 1.29 is 9.59 Å². The van der Waals surface area contributed by atoms with Gasteiger partial charge in [-0.2, -0.15) is 0 Å². The highest BCUT2D eigenvalue weighted by Gasteiger charge is 2.22. The normalized spacial score (nSPS) is 11.9. The fourth-order valence-corrected chi connectivity index (χ4v) is 3.10. The molecule has 0 aliphatic rings. The van der Waals surface area contributed by atoms with Gasteiger partial charge in [-0.05, 0) is 56.5 Å². The molecular formula is C23H31N3O2. The van der Waals surface area contributed by atoms with Gasteiger partial charge in [-0.1, -0.05) is 49.4 Å². The molecule has 0 heterocycles. The highest BCUT2D eigenvalue weighted by Crippen LogP contribution is 2.09. The molecule has 1 unspecified atom stereocenters. The molecule has 0 spiro atoms. The summed E-state index contributed by atoms with van der Waals surface area (Å²) >= 11 is 0. The summed E-state index contributed by atoms with van der Waals surface area (Å²) in [6.07, 6.45) is 1.68. The molecule has 1 atom stereocenters. The second-order valence-electron chi connectivity index (χ2n) is 7.03. The SMILES string of the molecule is CCCN(CC(=O)NCCc1ccccc1C)C(C)C(=O)Nc1ccccc1. The van der Waals surface area contributed by atoms with E-state index in [0.29, 0.717) is 13.1 Å². The molecule has 2 rings (SSSR count). The Balaban J connectivity index is 1.85. The summed E-state index contributed by atoms with van der Waals surface area (Å²) in [5.41, 5.74) is 3.23. The number of anilines is 1. The van der Waals surface area contributed by atoms with Crippen molar-refractivity contribution in [2.45, 2.75) is 39.7 Å². The van der Waals surface area contributed by atoms with E-state index < -0.39 is 0 Å². The van der Waals surface area contributed by atoms with E-state index in [4.69, 9.17) is 0 Å². The predicted octanol–water partition coefficient (Wildman–Crippen LogP) is 3.39. The maximum atomic E-state index is 12.6. The van der Waals surface area contributed by atoms with Gasteiger partial charge in [0.1, 0.15) is 0 Å². The van der Waals surface area contributed by atoms with Gasteiger partial charge in [0.15, 0.2) is 0 Å². The van der Waals surface area contributed by atoms with Crippen molar-refractivity contribution in [3.63, 3.8) is 0 Å². The van der Waals surface area contributed by atoms with E-state index in [2.05, 4.69) is 29.7 Å². The lowest BCUT2D eigenvalue weighted by molar-refractivity contribution is -0.125. The molecule has 0 aromatic heterocycles. The quantitative estimate of drug-likeness (QED) is 0.663. The fourth-order valence-electron chi connectivity index (χ4n) is 3.10. The van der Waals surface area contributed by atoms with E-state index >= 15 is 0 Å². The first-order valence-electron chi connectivity index (χ1n) is 9.92. The van der Waals surface area contributed by atoms with Crippen LogP contribution in [0.2, 0.25) is 0 Å². The van der Waals surface area contributed by atoms with Gasteiger partial charge >= 0.3 is 0 Å². The number of para-hydroxylation sites is 1. The van der Waals surface area contributed by atoms with Crippen molar-refractivity contribution >= 4 is 17.5 Å². The highest BCUT2D eigenvalue weighted by atomic mass is 16.2. The Morgan fingerprint density at radius 2 is 1.71 bits per heavy atom. The maximum Gasteiger partial charge on any atom is 0.241 e. The van der Waals surface area contributed by atoms with Crippen molar-refractivity contribution in [2.75, 3.05) is 25.0 Å². The minimum absolute atomic E-state index is 0.0543. The van der Waals surface area contributed by atoms with Crippen LogP contribution in [0.15, 0.2) is 54.6 Å². The average molecular weight is 382 g/mol. The Hall–Kier alpha value is -2.66. The molecule has 0 saturated heterocycles. The van der Waals surface area contributed by atoms with Crippen LogP contribution in [0.3, 0.4) is 0 Å². The van der Waals surface area contributed by atoms with Gasteiger partial charge in [-0.25, -0.2) is 0 Å². The number of hydrogen-bond donors (Lipinski definition) is 2. The zero-order chi connectivity index (χ0) is 20.4. The molecule has 0 aliphatic carbocycles. The van der Waals surface area contributed by atoms with Crippen LogP contribution in [0.25, 0.3) is 0 Å². The maximum absolute atomic E-state index is 12.6. The molecule has 28 heavy (non-hydrogen) atoms. The first-order chi connectivity index (χ1) is 13.5. The molecule has 2 amide bonds. The molecule has 2 aromatic carbocycles. The molecule has 2 N–H and O–H groups in total. The molecule has 5 heteroatoms. The molecule has 0 fully saturated rings. The summed E-state index contributed by atoms with van der Waals surface area (Å²) in [7, 11) is 0. The van der Waals surface area contributed by atoms with Gasteiger partial charge in [0.25, 0.3) is 0 Å². The zero-order valence-corrected chi connectivity index (χ0v) is 17.1. The third kappa shape index (κ3) is 6.82. The number of amides is 2. The van der Waals surface area contributed by atoms with Crippen molar-refractivity contribution in [1.29, 1.82) is 0 Å². The summed E-state index contributed by atoms with van der Waals surface area (Å²) in [6, 6.07) is 17.2. The summed E-state index contributed by atoms with van der Waals surface area (Å²) in [5, 5.41) is 5.89. The largest absolute Gasteiger partial charge is 0.355 e. The highest BCUT2D eigenvalue weighted by molar-refractivity contribution is 5.94. The standard InChI is InChI=1S/C23H31N3O2/c1-4-16-26(19(3)23(28)25-21-12-6-5-7-13-21)17-22(27)24-15-14-20-11-9-8-10-18(20)2/h5-13,19H,4,14-17H2,1-3H3,(H,24,27)(H,25,28). The third-order valence-corrected chi connectivity index (χ3v) is 4.80. The van der Waals surface area contributed by atoms with E-state index in [9.17, 15) is 9.59 Å². The molecule has 0 aliphatic heterocycles. The number of benzene rings is 2. The van der Waals surface area contributed by atoms with E-state index in [1.807, 2.05) is 61.2 Å². The van der Waals surface area contributed by atoms with Gasteiger partial charge in [-0.15, -0.1) is 0 Å². The molecule has 0 radical (unpaired) electrons. The summed E-state index contributed by atoms with van der Waals surface area (Å²) in [5.74, 6) is -0.159. The van der Waals surface area contributed by atoms with E-state index in [1.165, 1.54) is 11.1 Å². The second-order valence-corrected chi connectivity index (χ2v) is 7.03. The van der Waals surface area contributed by atoms with Gasteiger partial charge < -0.3 is 10.6 Å². The van der Waals surface area contributed by atoms with Crippen LogP contribution in [0.1, 0.15) is 31.4 Å². The zero-order valence-electron chi connectivity index (χ0n) is 17.1. The summed E-state index contributed by atoms with van der Waals surface area (Å²) in [4.78, 5) is 26.9. The Morgan fingerprint density at radius 3 is 2.39 bits per heavy atom. The number of carbonyl (C=O) groups is 2.